The summed E-state index contributed by atoms with van der Waals surface area (Å²) in [5.74, 6) is 0.702. The Morgan fingerprint density at radius 3 is 1.66 bits per heavy atom. The molecule has 0 N–H and O–H groups in total. The minimum absolute atomic E-state index is 0.702. The minimum Gasteiger partial charge on any atom is -0.228 e. The number of benzene rings is 8. The van der Waals surface area contributed by atoms with Crippen molar-refractivity contribution in [3.8, 4) is 67.3 Å². The summed E-state index contributed by atoms with van der Waals surface area (Å²) in [5.41, 5.74) is 12.0. The minimum atomic E-state index is 0.702. The van der Waals surface area contributed by atoms with Crippen LogP contribution in [0.15, 0.2) is 194 Å². The summed E-state index contributed by atoms with van der Waals surface area (Å²) < 4.78 is 5.20. The van der Waals surface area contributed by atoms with Crippen LogP contribution < -0.4 is 0 Å². The Labute approximate surface area is 332 Å². The molecule has 3 heterocycles. The van der Waals surface area contributed by atoms with E-state index in [2.05, 4.69) is 188 Å². The van der Waals surface area contributed by atoms with Crippen molar-refractivity contribution >= 4 is 63.0 Å². The molecule has 0 saturated carbocycles. The molecular formula is C52H32N2S2. The highest BCUT2D eigenvalue weighted by molar-refractivity contribution is 7.26. The Hall–Kier alpha value is -6.72. The highest BCUT2D eigenvalue weighted by Gasteiger charge is 2.17. The summed E-state index contributed by atoms with van der Waals surface area (Å²) in [4.78, 5) is 10.6. The lowest BCUT2D eigenvalue weighted by Gasteiger charge is -2.14. The molecule has 262 valence electrons. The molecule has 0 bridgehead atoms. The van der Waals surface area contributed by atoms with E-state index < -0.39 is 0 Å². The third kappa shape index (κ3) is 5.70. The SMILES string of the molecule is c1ccc(-c2cc(-c3cc(-c4cccc(-c5cccc6sc7ccccc7c56)c4)nc(-c4ccccc4)n3)cc(-c3cccc4c3sc3ccccc34)c2)cc1. The molecule has 0 spiro atoms. The van der Waals surface area contributed by atoms with Gasteiger partial charge in [-0.15, -0.1) is 22.7 Å². The van der Waals surface area contributed by atoms with E-state index in [1.807, 2.05) is 28.7 Å². The largest absolute Gasteiger partial charge is 0.228 e. The van der Waals surface area contributed by atoms with Crippen molar-refractivity contribution in [3.05, 3.63) is 194 Å². The highest BCUT2D eigenvalue weighted by atomic mass is 32.1. The van der Waals surface area contributed by atoms with Crippen LogP contribution in [0.4, 0.5) is 0 Å². The molecule has 0 unspecified atom stereocenters. The Kier molecular flexibility index (Phi) is 7.90. The Bertz CT molecular complexity index is 3250. The molecule has 8 aromatic carbocycles. The third-order valence-electron chi connectivity index (χ3n) is 10.7. The first-order valence-electron chi connectivity index (χ1n) is 18.8. The van der Waals surface area contributed by atoms with Crippen LogP contribution in [0.1, 0.15) is 0 Å². The molecule has 0 amide bonds. The van der Waals surface area contributed by atoms with Gasteiger partial charge >= 0.3 is 0 Å². The molecule has 2 nitrogen and oxygen atoms in total. The van der Waals surface area contributed by atoms with Gasteiger partial charge in [0.15, 0.2) is 5.82 Å². The van der Waals surface area contributed by atoms with Gasteiger partial charge in [0, 0.05) is 57.0 Å². The summed E-state index contributed by atoms with van der Waals surface area (Å²) in [7, 11) is 0. The smallest absolute Gasteiger partial charge is 0.160 e. The van der Waals surface area contributed by atoms with Gasteiger partial charge in [0.1, 0.15) is 0 Å². The molecular weight excluding hydrogens is 717 g/mol. The average Bonchev–Trinajstić information content (AvgIpc) is 3.86. The normalized spacial score (nSPS) is 11.6. The molecule has 3 aromatic heterocycles. The van der Waals surface area contributed by atoms with Crippen LogP contribution in [0.5, 0.6) is 0 Å². The second-order valence-electron chi connectivity index (χ2n) is 14.1. The van der Waals surface area contributed by atoms with Crippen LogP contribution in [0.3, 0.4) is 0 Å². The highest BCUT2D eigenvalue weighted by Crippen LogP contribution is 2.43. The van der Waals surface area contributed by atoms with E-state index in [-0.39, 0.29) is 0 Å². The van der Waals surface area contributed by atoms with Crippen molar-refractivity contribution in [3.63, 3.8) is 0 Å². The predicted octanol–water partition coefficient (Wildman–Crippen LogP) is 15.2. The standard InChI is InChI=1S/C52H32N2S2/c1-3-14-33(15-4-1)37-29-38(41-23-12-24-43-42-20-7-9-25-47(42)56-51(41)43)31-39(30-37)46-32-45(53-52(54-46)34-16-5-2-6-17-34)36-19-11-18-35(28-36)40-22-13-27-49-50(40)44-21-8-10-26-48(44)55-49/h1-32H. The van der Waals surface area contributed by atoms with Gasteiger partial charge in [0.05, 0.1) is 11.4 Å². The van der Waals surface area contributed by atoms with Crippen LogP contribution >= 0.6 is 22.7 Å². The second-order valence-corrected chi connectivity index (χ2v) is 16.3. The van der Waals surface area contributed by atoms with Gasteiger partial charge in [-0.25, -0.2) is 9.97 Å². The summed E-state index contributed by atoms with van der Waals surface area (Å²) in [6.45, 7) is 0. The number of hydrogen-bond acceptors (Lipinski definition) is 4. The monoisotopic (exact) mass is 748 g/mol. The number of aromatic nitrogens is 2. The molecule has 11 rings (SSSR count). The Morgan fingerprint density at radius 1 is 0.304 bits per heavy atom. The topological polar surface area (TPSA) is 25.8 Å². The van der Waals surface area contributed by atoms with Gasteiger partial charge in [0.2, 0.25) is 0 Å². The summed E-state index contributed by atoms with van der Waals surface area (Å²) in [5, 5.41) is 5.19. The maximum absolute atomic E-state index is 5.31. The lowest BCUT2D eigenvalue weighted by atomic mass is 9.93. The molecule has 0 saturated heterocycles. The van der Waals surface area contributed by atoms with Gasteiger partial charge in [-0.05, 0) is 81.9 Å². The first kappa shape index (κ1) is 32.7. The number of rotatable bonds is 6. The van der Waals surface area contributed by atoms with E-state index >= 15 is 0 Å². The molecule has 0 atom stereocenters. The number of thiophene rings is 2. The molecule has 0 aliphatic rings. The van der Waals surface area contributed by atoms with Crippen LogP contribution in [0.25, 0.3) is 108 Å². The molecule has 0 fully saturated rings. The van der Waals surface area contributed by atoms with Crippen molar-refractivity contribution < 1.29 is 0 Å². The molecule has 11 aromatic rings. The van der Waals surface area contributed by atoms with E-state index in [4.69, 9.17) is 9.97 Å². The first-order valence-corrected chi connectivity index (χ1v) is 20.4. The molecule has 56 heavy (non-hydrogen) atoms. The quantitative estimate of drug-likeness (QED) is 0.169. The Morgan fingerprint density at radius 2 is 0.839 bits per heavy atom. The average molecular weight is 749 g/mol. The lowest BCUT2D eigenvalue weighted by Crippen LogP contribution is -1.97. The van der Waals surface area contributed by atoms with Crippen molar-refractivity contribution in [2.75, 3.05) is 0 Å². The van der Waals surface area contributed by atoms with Crippen molar-refractivity contribution in [1.82, 2.24) is 9.97 Å². The first-order chi connectivity index (χ1) is 27.7. The van der Waals surface area contributed by atoms with Crippen LogP contribution in [-0.2, 0) is 0 Å². The summed E-state index contributed by atoms with van der Waals surface area (Å²) >= 11 is 3.71. The number of hydrogen-bond donors (Lipinski definition) is 0. The fourth-order valence-corrected chi connectivity index (χ4v) is 10.4. The third-order valence-corrected chi connectivity index (χ3v) is 13.0. The predicted molar refractivity (Wildman–Crippen MR) is 240 cm³/mol. The van der Waals surface area contributed by atoms with E-state index in [9.17, 15) is 0 Å². The van der Waals surface area contributed by atoms with Crippen molar-refractivity contribution in [2.45, 2.75) is 0 Å². The fraction of sp³-hybridized carbons (Fsp3) is 0. The number of nitrogens with zero attached hydrogens (tertiary/aromatic N) is 2. The van der Waals surface area contributed by atoms with Crippen LogP contribution in [0, 0.1) is 0 Å². The fourth-order valence-electron chi connectivity index (χ4n) is 8.02. The molecule has 0 aliphatic carbocycles. The summed E-state index contributed by atoms with van der Waals surface area (Å²) in [6, 6.07) is 69.7. The van der Waals surface area contributed by atoms with E-state index in [0.29, 0.717) is 5.82 Å². The Balaban J connectivity index is 1.12. The zero-order valence-electron chi connectivity index (χ0n) is 30.2. The maximum Gasteiger partial charge on any atom is 0.160 e. The van der Waals surface area contributed by atoms with Gasteiger partial charge in [-0.3, -0.25) is 0 Å². The van der Waals surface area contributed by atoms with Crippen LogP contribution in [0.2, 0.25) is 0 Å². The van der Waals surface area contributed by atoms with Gasteiger partial charge in [-0.2, -0.15) is 0 Å². The van der Waals surface area contributed by atoms with Gasteiger partial charge in [0.25, 0.3) is 0 Å². The van der Waals surface area contributed by atoms with Crippen LogP contribution in [-0.4, -0.2) is 9.97 Å². The maximum atomic E-state index is 5.31. The van der Waals surface area contributed by atoms with Gasteiger partial charge in [-0.1, -0.05) is 146 Å². The summed E-state index contributed by atoms with van der Waals surface area (Å²) in [6.07, 6.45) is 0. The van der Waals surface area contributed by atoms with E-state index in [1.54, 1.807) is 0 Å². The van der Waals surface area contributed by atoms with E-state index in [0.717, 1.165) is 39.2 Å². The van der Waals surface area contributed by atoms with Crippen molar-refractivity contribution in [1.29, 1.82) is 0 Å². The molecule has 0 radical (unpaired) electrons. The zero-order chi connectivity index (χ0) is 37.0. The molecule has 0 aliphatic heterocycles. The van der Waals surface area contributed by atoms with E-state index in [1.165, 1.54) is 62.6 Å². The lowest BCUT2D eigenvalue weighted by molar-refractivity contribution is 1.18. The van der Waals surface area contributed by atoms with Crippen molar-refractivity contribution in [2.24, 2.45) is 0 Å². The second kappa shape index (κ2) is 13.5. The molecule has 4 heteroatoms. The number of fused-ring (bicyclic) bond motifs is 6. The zero-order valence-corrected chi connectivity index (χ0v) is 31.8. The van der Waals surface area contributed by atoms with Gasteiger partial charge < -0.3 is 0 Å².